The maximum absolute atomic E-state index is 12.5. The Kier molecular flexibility index (Phi) is 5.47. The molecule has 9 heteroatoms. The molecule has 126 valence electrons. The number of hydrogen-bond donors (Lipinski definition) is 1. The first kappa shape index (κ1) is 17.7. The van der Waals surface area contributed by atoms with Gasteiger partial charge in [0.2, 0.25) is 5.89 Å². The molecule has 0 amide bonds. The topological polar surface area (TPSA) is 102 Å². The molecule has 0 bridgehead atoms. The summed E-state index contributed by atoms with van der Waals surface area (Å²) >= 11 is 0. The van der Waals surface area contributed by atoms with Crippen molar-refractivity contribution in [3.8, 4) is 0 Å². The number of sulfone groups is 1. The second kappa shape index (κ2) is 6.82. The molecule has 0 unspecified atom stereocenters. The monoisotopic (exact) mass is 350 g/mol. The molecule has 1 aromatic heterocycles. The fraction of sp³-hybridized carbons (Fsp3) is 0.846. The van der Waals surface area contributed by atoms with Crippen molar-refractivity contribution in [1.29, 1.82) is 0 Å². The first-order valence-corrected chi connectivity index (χ1v) is 9.16. The lowest BCUT2D eigenvalue weighted by molar-refractivity contribution is 0.195. The van der Waals surface area contributed by atoms with E-state index < -0.39 is 14.6 Å². The summed E-state index contributed by atoms with van der Waals surface area (Å²) in [6.45, 7) is 1.88. The van der Waals surface area contributed by atoms with Gasteiger partial charge >= 0.3 is 0 Å². The zero-order chi connectivity index (χ0) is 14.9. The van der Waals surface area contributed by atoms with Crippen LogP contribution >= 0.6 is 12.4 Å². The largest absolute Gasteiger partial charge is 0.338 e. The predicted molar refractivity (Wildman–Crippen MR) is 84.3 cm³/mol. The van der Waals surface area contributed by atoms with E-state index in [1.807, 2.05) is 0 Å². The van der Waals surface area contributed by atoms with Crippen molar-refractivity contribution in [1.82, 2.24) is 15.0 Å². The molecule has 3 rings (SSSR count). The lowest BCUT2D eigenvalue weighted by Crippen LogP contribution is -2.56. The van der Waals surface area contributed by atoms with Gasteiger partial charge in [-0.05, 0) is 12.8 Å². The van der Waals surface area contributed by atoms with Gasteiger partial charge in [-0.25, -0.2) is 8.42 Å². The zero-order valence-corrected chi connectivity index (χ0v) is 14.2. The van der Waals surface area contributed by atoms with E-state index in [9.17, 15) is 8.42 Å². The average Bonchev–Trinajstić information content (AvgIpc) is 2.92. The van der Waals surface area contributed by atoms with Crippen LogP contribution in [0.1, 0.15) is 43.8 Å². The molecule has 1 saturated heterocycles. The second-order valence-electron chi connectivity index (χ2n) is 6.08. The van der Waals surface area contributed by atoms with Crippen LogP contribution in [0.3, 0.4) is 0 Å². The van der Waals surface area contributed by atoms with E-state index >= 15 is 0 Å². The van der Waals surface area contributed by atoms with Crippen molar-refractivity contribution in [3.63, 3.8) is 0 Å². The molecule has 1 saturated carbocycles. The highest BCUT2D eigenvalue weighted by molar-refractivity contribution is 7.92. The first-order chi connectivity index (χ1) is 10.0. The van der Waals surface area contributed by atoms with Crippen molar-refractivity contribution >= 4 is 22.2 Å². The van der Waals surface area contributed by atoms with Crippen molar-refractivity contribution in [2.24, 2.45) is 5.73 Å². The van der Waals surface area contributed by atoms with E-state index in [-0.39, 0.29) is 24.7 Å². The zero-order valence-electron chi connectivity index (χ0n) is 12.5. The fourth-order valence-corrected chi connectivity index (χ4v) is 5.71. The number of nitrogens with zero attached hydrogens (tertiary/aromatic N) is 3. The van der Waals surface area contributed by atoms with Crippen molar-refractivity contribution < 1.29 is 12.9 Å². The van der Waals surface area contributed by atoms with Crippen LogP contribution in [0.2, 0.25) is 0 Å². The quantitative estimate of drug-likeness (QED) is 0.863. The van der Waals surface area contributed by atoms with Crippen molar-refractivity contribution in [2.45, 2.75) is 49.9 Å². The smallest absolute Gasteiger partial charge is 0.240 e. The highest BCUT2D eigenvalue weighted by Crippen LogP contribution is 2.38. The number of nitrogens with two attached hydrogens (primary N) is 1. The van der Waals surface area contributed by atoms with Crippen molar-refractivity contribution in [3.05, 3.63) is 11.7 Å². The Morgan fingerprint density at radius 2 is 2.00 bits per heavy atom. The third-order valence-electron chi connectivity index (χ3n) is 4.66. The van der Waals surface area contributed by atoms with Gasteiger partial charge in [-0.15, -0.1) is 12.4 Å². The predicted octanol–water partition coefficient (Wildman–Crippen LogP) is 0.883. The number of hydrogen-bond acceptors (Lipinski definition) is 7. The Labute approximate surface area is 136 Å². The van der Waals surface area contributed by atoms with E-state index in [4.69, 9.17) is 10.3 Å². The molecular formula is C13H23ClN4O3S. The summed E-state index contributed by atoms with van der Waals surface area (Å²) in [4.78, 5) is 6.34. The maximum atomic E-state index is 12.5. The molecule has 2 heterocycles. The van der Waals surface area contributed by atoms with Crippen LogP contribution < -0.4 is 5.73 Å². The van der Waals surface area contributed by atoms with E-state index in [0.717, 1.165) is 32.1 Å². The van der Waals surface area contributed by atoms with E-state index in [2.05, 4.69) is 15.0 Å². The second-order valence-corrected chi connectivity index (χ2v) is 8.59. The number of rotatable bonds is 3. The van der Waals surface area contributed by atoms with Gasteiger partial charge in [-0.3, -0.25) is 4.90 Å². The minimum atomic E-state index is -3.00. The maximum Gasteiger partial charge on any atom is 0.240 e. The highest BCUT2D eigenvalue weighted by Gasteiger charge is 2.48. The molecule has 0 aromatic carbocycles. The van der Waals surface area contributed by atoms with Gasteiger partial charge in [0.15, 0.2) is 15.7 Å². The van der Waals surface area contributed by atoms with Crippen LogP contribution in [0.15, 0.2) is 4.52 Å². The molecule has 2 aliphatic rings. The summed E-state index contributed by atoms with van der Waals surface area (Å²) in [6, 6.07) is 0. The summed E-state index contributed by atoms with van der Waals surface area (Å²) in [5, 5.41) is 3.89. The molecule has 1 aromatic rings. The van der Waals surface area contributed by atoms with Crippen LogP contribution in [0.5, 0.6) is 0 Å². The summed E-state index contributed by atoms with van der Waals surface area (Å²) < 4.78 is 29.5. The van der Waals surface area contributed by atoms with Crippen LogP contribution in [0, 0.1) is 0 Å². The minimum Gasteiger partial charge on any atom is -0.338 e. The molecule has 1 aliphatic heterocycles. The highest BCUT2D eigenvalue weighted by atomic mass is 35.5. The molecule has 1 spiro atoms. The van der Waals surface area contributed by atoms with Crippen LogP contribution in [-0.4, -0.2) is 47.0 Å². The molecule has 1 aliphatic carbocycles. The lowest BCUT2D eigenvalue weighted by Gasteiger charge is -2.44. The summed E-state index contributed by atoms with van der Waals surface area (Å²) in [5.41, 5.74) is 5.45. The Morgan fingerprint density at radius 1 is 1.27 bits per heavy atom. The van der Waals surface area contributed by atoms with Gasteiger partial charge < -0.3 is 10.3 Å². The molecule has 0 atom stereocenters. The van der Waals surface area contributed by atoms with Crippen molar-refractivity contribution in [2.75, 3.05) is 18.8 Å². The van der Waals surface area contributed by atoms with Gasteiger partial charge in [0.05, 0.1) is 23.6 Å². The normalized spacial score (nSPS) is 24.0. The summed E-state index contributed by atoms with van der Waals surface area (Å²) in [7, 11) is -3.00. The molecule has 7 nitrogen and oxygen atoms in total. The standard InChI is InChI=1S/C13H22N4O3S.ClH/c14-8-12-15-11(16-20-12)9-17-6-7-21(18,19)13(10-17)4-2-1-3-5-13;/h1-10,14H2;1H. The minimum absolute atomic E-state index is 0. The lowest BCUT2D eigenvalue weighted by atomic mass is 9.87. The van der Waals surface area contributed by atoms with Gasteiger partial charge in [0.1, 0.15) is 0 Å². The molecule has 0 radical (unpaired) electrons. The Hall–Kier alpha value is -0.700. The Bertz CT molecular complexity index is 598. The van der Waals surface area contributed by atoms with E-state index in [0.29, 0.717) is 31.3 Å². The first-order valence-electron chi connectivity index (χ1n) is 7.51. The molecule has 2 fully saturated rings. The molecular weight excluding hydrogens is 328 g/mol. The SMILES string of the molecule is Cl.NCc1nc(CN2CCS(=O)(=O)C3(CCCCC3)C2)no1. The number of halogens is 1. The van der Waals surface area contributed by atoms with Crippen LogP contribution in [0.25, 0.3) is 0 Å². The van der Waals surface area contributed by atoms with E-state index in [1.54, 1.807) is 0 Å². The fourth-order valence-electron chi connectivity index (χ4n) is 3.49. The summed E-state index contributed by atoms with van der Waals surface area (Å²) in [6.07, 6.45) is 4.72. The third-order valence-corrected chi connectivity index (χ3v) is 7.24. The Balaban J connectivity index is 0.00000176. The number of aromatic nitrogens is 2. The summed E-state index contributed by atoms with van der Waals surface area (Å²) in [5.74, 6) is 1.23. The third kappa shape index (κ3) is 3.29. The van der Waals surface area contributed by atoms with Gasteiger partial charge in [-0.1, -0.05) is 24.4 Å². The van der Waals surface area contributed by atoms with Gasteiger partial charge in [0.25, 0.3) is 0 Å². The van der Waals surface area contributed by atoms with Crippen LogP contribution in [-0.2, 0) is 22.9 Å². The van der Waals surface area contributed by atoms with Gasteiger partial charge in [-0.2, -0.15) is 4.98 Å². The molecule has 22 heavy (non-hydrogen) atoms. The average molecular weight is 351 g/mol. The van der Waals surface area contributed by atoms with Gasteiger partial charge in [0, 0.05) is 13.1 Å². The Morgan fingerprint density at radius 3 is 2.64 bits per heavy atom. The van der Waals surface area contributed by atoms with Crippen LogP contribution in [0.4, 0.5) is 0 Å². The van der Waals surface area contributed by atoms with E-state index in [1.165, 1.54) is 0 Å². The molecule has 2 N–H and O–H groups in total.